The van der Waals surface area contributed by atoms with Gasteiger partial charge in [0.05, 0.1) is 29.0 Å². The summed E-state index contributed by atoms with van der Waals surface area (Å²) in [4.78, 5) is 20.2. The molecule has 1 saturated heterocycles. The first kappa shape index (κ1) is 21.3. The van der Waals surface area contributed by atoms with Gasteiger partial charge in [-0.25, -0.2) is 32.9 Å². The predicted molar refractivity (Wildman–Crippen MR) is 127 cm³/mol. The molecule has 1 fully saturated rings. The SMILES string of the molecule is CS(=O)(=O)CCNc1nccc(-c2cccc(-c3cnc4ccc(N5CCCC5)nn34)n2)n1. The molecule has 33 heavy (non-hydrogen) atoms. The molecule has 0 saturated carbocycles. The van der Waals surface area contributed by atoms with Gasteiger partial charge in [-0.2, -0.15) is 0 Å². The Labute approximate surface area is 191 Å². The number of fused-ring (bicyclic) bond motifs is 1. The number of hydrogen-bond donors (Lipinski definition) is 1. The predicted octanol–water partition coefficient (Wildman–Crippen LogP) is 2.30. The van der Waals surface area contributed by atoms with E-state index < -0.39 is 9.84 Å². The van der Waals surface area contributed by atoms with Crippen LogP contribution in [-0.4, -0.2) is 69.6 Å². The summed E-state index contributed by atoms with van der Waals surface area (Å²) in [5, 5.41) is 7.77. The molecular formula is C22H24N8O2S. The Morgan fingerprint density at radius 2 is 1.76 bits per heavy atom. The highest BCUT2D eigenvalue weighted by molar-refractivity contribution is 7.90. The van der Waals surface area contributed by atoms with E-state index in [1.807, 2.05) is 34.8 Å². The fourth-order valence-corrected chi connectivity index (χ4v) is 4.28. The van der Waals surface area contributed by atoms with Crippen molar-refractivity contribution in [3.8, 4) is 22.8 Å². The van der Waals surface area contributed by atoms with Crippen LogP contribution in [0.15, 0.2) is 48.8 Å². The summed E-state index contributed by atoms with van der Waals surface area (Å²) >= 11 is 0. The molecule has 0 aliphatic carbocycles. The summed E-state index contributed by atoms with van der Waals surface area (Å²) in [6.07, 6.45) is 6.97. The minimum absolute atomic E-state index is 0.00895. The quantitative estimate of drug-likeness (QED) is 0.439. The standard InChI is InChI=1S/C22H24N8O2S/c1-33(31,32)14-11-24-22-23-10-9-17(27-22)16-5-4-6-18(26-16)19-15-25-20-7-8-21(28-30(19)20)29-12-2-3-13-29/h4-10,15H,2-3,11-14H2,1H3,(H,23,24,27). The van der Waals surface area contributed by atoms with Crippen LogP contribution in [-0.2, 0) is 9.84 Å². The van der Waals surface area contributed by atoms with Crippen LogP contribution in [0.1, 0.15) is 12.8 Å². The zero-order valence-corrected chi connectivity index (χ0v) is 19.0. The van der Waals surface area contributed by atoms with E-state index in [1.54, 1.807) is 18.5 Å². The molecule has 0 unspecified atom stereocenters. The average Bonchev–Trinajstić information content (AvgIpc) is 3.48. The molecule has 10 nitrogen and oxygen atoms in total. The Balaban J connectivity index is 1.43. The molecular weight excluding hydrogens is 440 g/mol. The van der Waals surface area contributed by atoms with Gasteiger partial charge in [-0.1, -0.05) is 6.07 Å². The number of pyridine rings is 1. The molecule has 5 heterocycles. The highest BCUT2D eigenvalue weighted by atomic mass is 32.2. The van der Waals surface area contributed by atoms with Crippen LogP contribution in [0.4, 0.5) is 11.8 Å². The average molecular weight is 465 g/mol. The number of nitrogens with zero attached hydrogens (tertiary/aromatic N) is 7. The third-order valence-electron chi connectivity index (χ3n) is 5.46. The van der Waals surface area contributed by atoms with Crippen LogP contribution in [0.25, 0.3) is 28.4 Å². The normalized spacial score (nSPS) is 14.2. The molecule has 11 heteroatoms. The maximum atomic E-state index is 11.3. The summed E-state index contributed by atoms with van der Waals surface area (Å²) in [5.41, 5.74) is 3.60. The molecule has 0 aromatic carbocycles. The highest BCUT2D eigenvalue weighted by Crippen LogP contribution is 2.24. The maximum absolute atomic E-state index is 11.3. The fourth-order valence-electron chi connectivity index (χ4n) is 3.81. The van der Waals surface area contributed by atoms with E-state index in [2.05, 4.69) is 25.2 Å². The zero-order chi connectivity index (χ0) is 22.8. The van der Waals surface area contributed by atoms with Gasteiger partial charge in [0.15, 0.2) is 5.65 Å². The van der Waals surface area contributed by atoms with Crippen molar-refractivity contribution in [2.45, 2.75) is 12.8 Å². The minimum atomic E-state index is -3.06. The summed E-state index contributed by atoms with van der Waals surface area (Å²) in [6.45, 7) is 2.28. The number of anilines is 2. The Morgan fingerprint density at radius 1 is 0.970 bits per heavy atom. The molecule has 0 amide bonds. The van der Waals surface area contributed by atoms with Crippen LogP contribution < -0.4 is 10.2 Å². The van der Waals surface area contributed by atoms with Gasteiger partial charge in [0.25, 0.3) is 0 Å². The largest absolute Gasteiger partial charge is 0.355 e. The fraction of sp³-hybridized carbons (Fsp3) is 0.318. The lowest BCUT2D eigenvalue weighted by atomic mass is 10.2. The van der Waals surface area contributed by atoms with E-state index in [9.17, 15) is 8.42 Å². The Kier molecular flexibility index (Phi) is 5.63. The van der Waals surface area contributed by atoms with E-state index in [0.29, 0.717) is 17.3 Å². The van der Waals surface area contributed by atoms with Crippen molar-refractivity contribution in [1.82, 2.24) is 29.5 Å². The molecule has 170 valence electrons. The van der Waals surface area contributed by atoms with Crippen molar-refractivity contribution >= 4 is 27.3 Å². The van der Waals surface area contributed by atoms with Gasteiger partial charge in [-0.3, -0.25) is 0 Å². The van der Waals surface area contributed by atoms with Crippen LogP contribution in [0, 0.1) is 0 Å². The van der Waals surface area contributed by atoms with Gasteiger partial charge in [-0.05, 0) is 43.2 Å². The van der Waals surface area contributed by atoms with Gasteiger partial charge in [0.2, 0.25) is 5.95 Å². The first-order valence-electron chi connectivity index (χ1n) is 10.8. The van der Waals surface area contributed by atoms with E-state index in [-0.39, 0.29) is 12.3 Å². The summed E-state index contributed by atoms with van der Waals surface area (Å²) in [5.74, 6) is 1.31. The van der Waals surface area contributed by atoms with Gasteiger partial charge in [0, 0.05) is 32.1 Å². The second-order valence-electron chi connectivity index (χ2n) is 8.03. The molecule has 0 spiro atoms. The molecule has 4 aromatic heterocycles. The van der Waals surface area contributed by atoms with Crippen molar-refractivity contribution < 1.29 is 8.42 Å². The van der Waals surface area contributed by atoms with Crippen LogP contribution in [0.3, 0.4) is 0 Å². The topological polar surface area (TPSA) is 118 Å². The number of imidazole rings is 1. The van der Waals surface area contributed by atoms with Gasteiger partial charge < -0.3 is 10.2 Å². The van der Waals surface area contributed by atoms with E-state index in [1.165, 1.54) is 19.1 Å². The Bertz CT molecular complexity index is 1400. The summed E-state index contributed by atoms with van der Waals surface area (Å²) < 4.78 is 24.5. The van der Waals surface area contributed by atoms with Crippen molar-refractivity contribution in [2.75, 3.05) is 41.9 Å². The molecule has 5 rings (SSSR count). The van der Waals surface area contributed by atoms with Gasteiger partial charge in [-0.15, -0.1) is 5.10 Å². The van der Waals surface area contributed by atoms with Gasteiger partial charge in [0.1, 0.15) is 21.3 Å². The van der Waals surface area contributed by atoms with Crippen LogP contribution in [0.5, 0.6) is 0 Å². The van der Waals surface area contributed by atoms with E-state index in [0.717, 1.165) is 35.9 Å². The maximum Gasteiger partial charge on any atom is 0.223 e. The number of hydrogen-bond acceptors (Lipinski definition) is 9. The van der Waals surface area contributed by atoms with Crippen LogP contribution >= 0.6 is 0 Å². The molecule has 0 atom stereocenters. The van der Waals surface area contributed by atoms with Crippen molar-refractivity contribution in [3.05, 3.63) is 48.8 Å². The second kappa shape index (κ2) is 8.74. The molecule has 1 N–H and O–H groups in total. The second-order valence-corrected chi connectivity index (χ2v) is 10.3. The first-order chi connectivity index (χ1) is 16.0. The number of aromatic nitrogens is 6. The molecule has 1 aliphatic heterocycles. The summed E-state index contributed by atoms with van der Waals surface area (Å²) in [6, 6.07) is 11.5. The third-order valence-corrected chi connectivity index (χ3v) is 6.41. The monoisotopic (exact) mass is 464 g/mol. The molecule has 4 aromatic rings. The van der Waals surface area contributed by atoms with E-state index >= 15 is 0 Å². The number of nitrogens with one attached hydrogen (secondary N) is 1. The Morgan fingerprint density at radius 3 is 2.58 bits per heavy atom. The van der Waals surface area contributed by atoms with Crippen molar-refractivity contribution in [2.24, 2.45) is 0 Å². The number of rotatable bonds is 7. The van der Waals surface area contributed by atoms with E-state index in [4.69, 9.17) is 10.1 Å². The number of sulfone groups is 1. The van der Waals surface area contributed by atoms with Crippen molar-refractivity contribution in [1.29, 1.82) is 0 Å². The highest BCUT2D eigenvalue weighted by Gasteiger charge is 2.16. The summed E-state index contributed by atoms with van der Waals surface area (Å²) in [7, 11) is -3.06. The van der Waals surface area contributed by atoms with Crippen molar-refractivity contribution in [3.63, 3.8) is 0 Å². The minimum Gasteiger partial charge on any atom is -0.355 e. The smallest absolute Gasteiger partial charge is 0.223 e. The van der Waals surface area contributed by atoms with Gasteiger partial charge >= 0.3 is 0 Å². The van der Waals surface area contributed by atoms with Crippen LogP contribution in [0.2, 0.25) is 0 Å². The lowest BCUT2D eigenvalue weighted by Crippen LogP contribution is -2.19. The Hall–Kier alpha value is -3.60. The zero-order valence-electron chi connectivity index (χ0n) is 18.2. The third kappa shape index (κ3) is 4.77. The lowest BCUT2D eigenvalue weighted by molar-refractivity contribution is 0.602. The molecule has 0 radical (unpaired) electrons. The molecule has 0 bridgehead atoms. The molecule has 1 aliphatic rings. The first-order valence-corrected chi connectivity index (χ1v) is 12.8. The lowest BCUT2D eigenvalue weighted by Gasteiger charge is -2.16.